The van der Waals surface area contributed by atoms with E-state index in [0.29, 0.717) is 35.9 Å². The summed E-state index contributed by atoms with van der Waals surface area (Å²) < 4.78 is 10.6. The number of rotatable bonds is 3. The molecule has 2 N–H and O–H groups in total. The van der Waals surface area contributed by atoms with Crippen LogP contribution in [0.5, 0.6) is 5.75 Å². The van der Waals surface area contributed by atoms with Gasteiger partial charge in [0, 0.05) is 18.7 Å². The number of anilines is 3. The molecule has 0 radical (unpaired) electrons. The summed E-state index contributed by atoms with van der Waals surface area (Å²) in [4.78, 5) is 30.4. The van der Waals surface area contributed by atoms with Gasteiger partial charge < -0.3 is 25.0 Å². The smallest absolute Gasteiger partial charge is 0.262 e. The molecule has 1 fully saturated rings. The Labute approximate surface area is 150 Å². The molecular formula is C18H18N4O4. The number of hydrogen-bond acceptors (Lipinski definition) is 6. The Hall–Kier alpha value is -3.13. The molecule has 1 saturated heterocycles. The molecule has 0 saturated carbocycles. The molecule has 3 heterocycles. The molecule has 0 aliphatic carbocycles. The summed E-state index contributed by atoms with van der Waals surface area (Å²) in [7, 11) is 0. The molecule has 2 amide bonds. The Kier molecular flexibility index (Phi) is 4.40. The topological polar surface area (TPSA) is 92.8 Å². The highest BCUT2D eigenvalue weighted by Gasteiger charge is 2.18. The molecule has 0 unspecified atom stereocenters. The van der Waals surface area contributed by atoms with Gasteiger partial charge in [0.25, 0.3) is 11.8 Å². The number of nitrogens with zero attached hydrogens (tertiary/aromatic N) is 2. The van der Waals surface area contributed by atoms with Crippen molar-refractivity contribution in [3.8, 4) is 5.75 Å². The number of hydrogen-bond donors (Lipinski definition) is 2. The first kappa shape index (κ1) is 16.3. The fourth-order valence-electron chi connectivity index (χ4n) is 2.87. The average Bonchev–Trinajstić information content (AvgIpc) is 2.68. The van der Waals surface area contributed by atoms with E-state index in [-0.39, 0.29) is 18.4 Å². The van der Waals surface area contributed by atoms with E-state index >= 15 is 0 Å². The van der Waals surface area contributed by atoms with Gasteiger partial charge in [0.15, 0.2) is 6.61 Å². The van der Waals surface area contributed by atoms with Gasteiger partial charge in [-0.15, -0.1) is 0 Å². The summed E-state index contributed by atoms with van der Waals surface area (Å²) >= 11 is 0. The minimum atomic E-state index is -0.284. The zero-order valence-electron chi connectivity index (χ0n) is 14.0. The lowest BCUT2D eigenvalue weighted by Crippen LogP contribution is -2.36. The lowest BCUT2D eigenvalue weighted by atomic mass is 10.1. The van der Waals surface area contributed by atoms with E-state index in [1.165, 1.54) is 0 Å². The summed E-state index contributed by atoms with van der Waals surface area (Å²) in [5.74, 6) is 0.893. The van der Waals surface area contributed by atoms with Crippen molar-refractivity contribution >= 4 is 29.0 Å². The highest BCUT2D eigenvalue weighted by Crippen LogP contribution is 2.28. The van der Waals surface area contributed by atoms with Gasteiger partial charge >= 0.3 is 0 Å². The van der Waals surface area contributed by atoms with Crippen LogP contribution in [0.4, 0.5) is 17.2 Å². The zero-order valence-corrected chi connectivity index (χ0v) is 14.0. The molecule has 0 bridgehead atoms. The Morgan fingerprint density at radius 1 is 1.19 bits per heavy atom. The maximum atomic E-state index is 12.4. The number of pyridine rings is 1. The Balaban J connectivity index is 1.44. The second kappa shape index (κ2) is 7.01. The van der Waals surface area contributed by atoms with Crippen molar-refractivity contribution in [3.63, 3.8) is 0 Å². The number of ether oxygens (including phenoxy) is 2. The van der Waals surface area contributed by atoms with Crippen LogP contribution in [0.1, 0.15) is 10.4 Å². The first-order chi connectivity index (χ1) is 12.7. The normalized spacial score (nSPS) is 16.3. The predicted octanol–water partition coefficient (Wildman–Crippen LogP) is 1.50. The Morgan fingerprint density at radius 2 is 2.04 bits per heavy atom. The Morgan fingerprint density at radius 3 is 2.81 bits per heavy atom. The van der Waals surface area contributed by atoms with E-state index in [1.54, 1.807) is 24.4 Å². The highest BCUT2D eigenvalue weighted by molar-refractivity contribution is 6.06. The number of carbonyl (C=O) groups is 2. The molecule has 8 nitrogen and oxygen atoms in total. The molecule has 2 aromatic rings. The maximum absolute atomic E-state index is 12.4. The Bertz CT molecular complexity index is 832. The molecule has 2 aliphatic heterocycles. The molecule has 0 atom stereocenters. The molecular weight excluding hydrogens is 336 g/mol. The van der Waals surface area contributed by atoms with Gasteiger partial charge in [-0.3, -0.25) is 9.59 Å². The fraction of sp³-hybridized carbons (Fsp3) is 0.278. The second-order valence-corrected chi connectivity index (χ2v) is 6.01. The monoisotopic (exact) mass is 354 g/mol. The summed E-state index contributed by atoms with van der Waals surface area (Å²) in [5, 5.41) is 5.50. The summed E-state index contributed by atoms with van der Waals surface area (Å²) in [6, 6.07) is 8.61. The van der Waals surface area contributed by atoms with Crippen LogP contribution in [0.3, 0.4) is 0 Å². The van der Waals surface area contributed by atoms with E-state index in [9.17, 15) is 9.59 Å². The van der Waals surface area contributed by atoms with Crippen LogP contribution in [0, 0.1) is 0 Å². The maximum Gasteiger partial charge on any atom is 0.262 e. The summed E-state index contributed by atoms with van der Waals surface area (Å²) in [6.07, 6.45) is 1.63. The fourth-order valence-corrected chi connectivity index (χ4v) is 2.87. The van der Waals surface area contributed by atoms with Crippen LogP contribution in [-0.4, -0.2) is 49.7 Å². The number of aromatic nitrogens is 1. The number of benzene rings is 1. The third-order valence-corrected chi connectivity index (χ3v) is 4.22. The van der Waals surface area contributed by atoms with E-state index < -0.39 is 0 Å². The molecule has 1 aromatic heterocycles. The lowest BCUT2D eigenvalue weighted by molar-refractivity contribution is -0.118. The molecule has 0 spiro atoms. The summed E-state index contributed by atoms with van der Waals surface area (Å²) in [6.45, 7) is 2.99. The minimum Gasteiger partial charge on any atom is -0.482 e. The predicted molar refractivity (Wildman–Crippen MR) is 95.8 cm³/mol. The third kappa shape index (κ3) is 3.45. The lowest BCUT2D eigenvalue weighted by Gasteiger charge is -2.27. The number of carbonyl (C=O) groups excluding carboxylic acids is 2. The average molecular weight is 354 g/mol. The largest absolute Gasteiger partial charge is 0.482 e. The van der Waals surface area contributed by atoms with Gasteiger partial charge in [0.1, 0.15) is 11.6 Å². The van der Waals surface area contributed by atoms with Crippen LogP contribution in [0.2, 0.25) is 0 Å². The first-order valence-electron chi connectivity index (χ1n) is 8.36. The molecule has 4 rings (SSSR count). The van der Waals surface area contributed by atoms with E-state index in [0.717, 1.165) is 18.9 Å². The van der Waals surface area contributed by atoms with Crippen molar-refractivity contribution in [1.82, 2.24) is 4.98 Å². The van der Waals surface area contributed by atoms with Crippen LogP contribution in [0.15, 0.2) is 36.5 Å². The zero-order chi connectivity index (χ0) is 17.9. The SMILES string of the molecule is O=C1COc2ccc(C(=O)Nc3ccc(N4CCOCC4)nc3)cc2N1. The number of morpholine rings is 1. The van der Waals surface area contributed by atoms with Crippen molar-refractivity contribution in [3.05, 3.63) is 42.1 Å². The standard InChI is InChI=1S/C18H18N4O4/c23-17-11-26-15-3-1-12(9-14(15)21-17)18(24)20-13-2-4-16(19-10-13)22-5-7-25-8-6-22/h1-4,9-10H,5-8,11H2,(H,20,24)(H,21,23). The number of amides is 2. The summed E-state index contributed by atoms with van der Waals surface area (Å²) in [5.41, 5.74) is 1.52. The van der Waals surface area contributed by atoms with E-state index in [4.69, 9.17) is 9.47 Å². The quantitative estimate of drug-likeness (QED) is 0.868. The van der Waals surface area contributed by atoms with Gasteiger partial charge in [-0.25, -0.2) is 4.98 Å². The van der Waals surface area contributed by atoms with Crippen molar-refractivity contribution < 1.29 is 19.1 Å². The van der Waals surface area contributed by atoms with Crippen molar-refractivity contribution in [2.45, 2.75) is 0 Å². The first-order valence-corrected chi connectivity index (χ1v) is 8.36. The molecule has 26 heavy (non-hydrogen) atoms. The second-order valence-electron chi connectivity index (χ2n) is 6.01. The molecule has 1 aromatic carbocycles. The minimum absolute atomic E-state index is 0.0142. The van der Waals surface area contributed by atoms with Crippen LogP contribution >= 0.6 is 0 Å². The number of nitrogens with one attached hydrogen (secondary N) is 2. The van der Waals surface area contributed by atoms with E-state index in [2.05, 4.69) is 20.5 Å². The van der Waals surface area contributed by atoms with Gasteiger partial charge in [-0.2, -0.15) is 0 Å². The molecule has 2 aliphatic rings. The van der Waals surface area contributed by atoms with Gasteiger partial charge in [-0.1, -0.05) is 0 Å². The molecule has 134 valence electrons. The number of fused-ring (bicyclic) bond motifs is 1. The van der Waals surface area contributed by atoms with Gasteiger partial charge in [-0.05, 0) is 30.3 Å². The van der Waals surface area contributed by atoms with Crippen LogP contribution in [0.25, 0.3) is 0 Å². The van der Waals surface area contributed by atoms with Gasteiger partial charge in [0.05, 0.1) is 30.8 Å². The van der Waals surface area contributed by atoms with Gasteiger partial charge in [0.2, 0.25) is 0 Å². The van der Waals surface area contributed by atoms with Crippen molar-refractivity contribution in [1.29, 1.82) is 0 Å². The third-order valence-electron chi connectivity index (χ3n) is 4.22. The van der Waals surface area contributed by atoms with Crippen LogP contribution < -0.4 is 20.3 Å². The van der Waals surface area contributed by atoms with Crippen molar-refractivity contribution in [2.24, 2.45) is 0 Å². The van der Waals surface area contributed by atoms with Crippen molar-refractivity contribution in [2.75, 3.05) is 48.4 Å². The molecule has 8 heteroatoms. The van der Waals surface area contributed by atoms with E-state index in [1.807, 2.05) is 12.1 Å². The highest BCUT2D eigenvalue weighted by atomic mass is 16.5. The van der Waals surface area contributed by atoms with Crippen LogP contribution in [-0.2, 0) is 9.53 Å².